The summed E-state index contributed by atoms with van der Waals surface area (Å²) < 4.78 is 0. The summed E-state index contributed by atoms with van der Waals surface area (Å²) in [5.41, 5.74) is 4.69. The van der Waals surface area contributed by atoms with Gasteiger partial charge >= 0.3 is 5.97 Å². The van der Waals surface area contributed by atoms with Gasteiger partial charge in [-0.2, -0.15) is 0 Å². The van der Waals surface area contributed by atoms with Gasteiger partial charge in [-0.05, 0) is 59.1 Å². The van der Waals surface area contributed by atoms with E-state index in [0.29, 0.717) is 10.6 Å². The van der Waals surface area contributed by atoms with Gasteiger partial charge in [-0.3, -0.25) is 9.79 Å². The molecule has 0 fully saturated rings. The lowest BCUT2D eigenvalue weighted by atomic mass is 10.0. The Hall–Kier alpha value is -3.29. The molecule has 0 unspecified atom stereocenters. The lowest BCUT2D eigenvalue weighted by Gasteiger charge is -2.26. The fourth-order valence-electron chi connectivity index (χ4n) is 3.70. The number of hydrogen-bond donors (Lipinski definition) is 2. The van der Waals surface area contributed by atoms with E-state index >= 15 is 0 Å². The van der Waals surface area contributed by atoms with Gasteiger partial charge in [0.2, 0.25) is 0 Å². The Morgan fingerprint density at radius 3 is 2.56 bits per heavy atom. The van der Waals surface area contributed by atoms with Gasteiger partial charge in [-0.25, -0.2) is 4.79 Å². The molecule has 0 saturated carbocycles. The molecule has 8 heteroatoms. The van der Waals surface area contributed by atoms with Crippen LogP contribution in [0, 0.1) is 0 Å². The van der Waals surface area contributed by atoms with Crippen LogP contribution < -0.4 is 5.32 Å². The lowest BCUT2D eigenvalue weighted by molar-refractivity contribution is -0.112. The van der Waals surface area contributed by atoms with E-state index < -0.39 is 5.97 Å². The average molecular weight is 466 g/mol. The maximum atomic E-state index is 13.2. The van der Waals surface area contributed by atoms with E-state index in [4.69, 9.17) is 5.11 Å². The first-order valence-electron chi connectivity index (χ1n) is 9.98. The van der Waals surface area contributed by atoms with E-state index in [1.807, 2.05) is 42.5 Å². The molecule has 0 spiro atoms. The van der Waals surface area contributed by atoms with Gasteiger partial charge in [0.25, 0.3) is 5.91 Å². The number of nitrogens with one attached hydrogen (secondary N) is 1. The molecular weight excluding hydrogens is 446 g/mol. The second-order valence-corrected chi connectivity index (χ2v) is 8.33. The number of nitrogens with zero attached hydrogens (tertiary/aromatic N) is 2. The minimum atomic E-state index is -0.956. The standard InChI is InChI=1S/C24H19N3O3S.ClH/c28-22(21-20(16-4-1-5-16)27-13-3-12-25-24(27)31-21)26-19-7-2-6-18(14-19)15-8-10-17(11-9-15)23(29)30;/h1-2,4-11,14H,3,12-13H2,(H,26,28)(H,29,30);1H. The van der Waals surface area contributed by atoms with Crippen LogP contribution in [0.3, 0.4) is 0 Å². The van der Waals surface area contributed by atoms with Gasteiger partial charge in [0.15, 0.2) is 5.17 Å². The summed E-state index contributed by atoms with van der Waals surface area (Å²) in [5, 5.41) is 13.0. The molecule has 1 aliphatic carbocycles. The number of halogens is 1. The third-order valence-corrected chi connectivity index (χ3v) is 6.43. The Morgan fingerprint density at radius 1 is 1.09 bits per heavy atom. The fraction of sp³-hybridized carbons (Fsp3) is 0.125. The van der Waals surface area contributed by atoms with Crippen LogP contribution in [0.1, 0.15) is 16.8 Å². The van der Waals surface area contributed by atoms with Crippen molar-refractivity contribution in [2.24, 2.45) is 4.99 Å². The first-order chi connectivity index (χ1) is 15.1. The van der Waals surface area contributed by atoms with E-state index in [2.05, 4.69) is 15.2 Å². The fourth-order valence-corrected chi connectivity index (χ4v) is 4.80. The van der Waals surface area contributed by atoms with Crippen molar-refractivity contribution in [3.05, 3.63) is 88.5 Å². The van der Waals surface area contributed by atoms with E-state index in [1.54, 1.807) is 24.3 Å². The van der Waals surface area contributed by atoms with E-state index in [0.717, 1.165) is 47.1 Å². The predicted octanol–water partition coefficient (Wildman–Crippen LogP) is 4.93. The van der Waals surface area contributed by atoms with Crippen molar-refractivity contribution in [3.8, 4) is 11.1 Å². The molecule has 2 aromatic rings. The quantitative estimate of drug-likeness (QED) is 0.654. The van der Waals surface area contributed by atoms with Crippen LogP contribution in [0.25, 0.3) is 11.1 Å². The van der Waals surface area contributed by atoms with Crippen molar-refractivity contribution in [2.75, 3.05) is 18.4 Å². The Bertz CT molecular complexity index is 1220. The monoisotopic (exact) mass is 465 g/mol. The van der Waals surface area contributed by atoms with Gasteiger partial charge in [0.1, 0.15) is 4.91 Å². The van der Waals surface area contributed by atoms with Crippen LogP contribution >= 0.6 is 24.2 Å². The number of hydrogen-bond acceptors (Lipinski definition) is 5. The molecule has 2 N–H and O–H groups in total. The normalized spacial score (nSPS) is 16.4. The zero-order chi connectivity index (χ0) is 21.4. The molecular formula is C24H20ClN3O3S. The number of amides is 1. The van der Waals surface area contributed by atoms with Crippen molar-refractivity contribution >= 4 is 46.9 Å². The largest absolute Gasteiger partial charge is 0.478 e. The van der Waals surface area contributed by atoms with Crippen LogP contribution in [0.2, 0.25) is 0 Å². The molecule has 0 saturated heterocycles. The van der Waals surface area contributed by atoms with E-state index in [9.17, 15) is 9.59 Å². The van der Waals surface area contributed by atoms with Crippen molar-refractivity contribution < 1.29 is 14.7 Å². The summed E-state index contributed by atoms with van der Waals surface area (Å²) in [7, 11) is 0. The zero-order valence-electron chi connectivity index (χ0n) is 16.9. The Labute approximate surface area is 195 Å². The molecule has 2 heterocycles. The molecule has 0 bridgehead atoms. The van der Waals surface area contributed by atoms with Gasteiger partial charge in [0, 0.05) is 18.8 Å². The van der Waals surface area contributed by atoms with Crippen LogP contribution in [-0.2, 0) is 4.79 Å². The molecule has 0 radical (unpaired) electrons. The maximum absolute atomic E-state index is 13.2. The molecule has 32 heavy (non-hydrogen) atoms. The molecule has 162 valence electrons. The first kappa shape index (κ1) is 21.9. The number of carboxylic acid groups (broad SMARTS) is 1. The number of anilines is 1. The number of carboxylic acids is 1. The van der Waals surface area contributed by atoms with Crippen LogP contribution in [0.5, 0.6) is 0 Å². The van der Waals surface area contributed by atoms with Crippen LogP contribution in [-0.4, -0.2) is 40.1 Å². The summed E-state index contributed by atoms with van der Waals surface area (Å²) in [6, 6.07) is 14.2. The van der Waals surface area contributed by atoms with Gasteiger partial charge < -0.3 is 15.3 Å². The lowest BCUT2D eigenvalue weighted by Crippen LogP contribution is -2.30. The molecule has 2 aromatic carbocycles. The summed E-state index contributed by atoms with van der Waals surface area (Å²) in [5.74, 6) is -1.11. The number of amidine groups is 1. The second kappa shape index (κ2) is 9.06. The third kappa shape index (κ3) is 4.09. The zero-order valence-corrected chi connectivity index (χ0v) is 18.6. The first-order valence-corrected chi connectivity index (χ1v) is 10.8. The average Bonchev–Trinajstić information content (AvgIpc) is 3.12. The van der Waals surface area contributed by atoms with Gasteiger partial charge in [0.05, 0.1) is 11.3 Å². The molecule has 0 aromatic heterocycles. The van der Waals surface area contributed by atoms with Crippen molar-refractivity contribution in [3.63, 3.8) is 0 Å². The van der Waals surface area contributed by atoms with Crippen molar-refractivity contribution in [1.82, 2.24) is 4.90 Å². The highest BCUT2D eigenvalue weighted by atomic mass is 35.5. The Kier molecular flexibility index (Phi) is 6.21. The Balaban J connectivity index is 0.00000245. The highest BCUT2D eigenvalue weighted by Crippen LogP contribution is 2.41. The number of carbonyl (C=O) groups is 2. The molecule has 1 amide bonds. The number of benzene rings is 2. The smallest absolute Gasteiger partial charge is 0.335 e. The SMILES string of the molecule is Cl.O=C(Nc1cccc(-c2ccc(C(=O)O)cc2)c1)C1=C(C2=CC=C2)N2CCCN=C2S1. The summed E-state index contributed by atoms with van der Waals surface area (Å²) in [6.45, 7) is 1.66. The minimum Gasteiger partial charge on any atom is -0.478 e. The second-order valence-electron chi connectivity index (χ2n) is 7.35. The van der Waals surface area contributed by atoms with Gasteiger partial charge in [-0.15, -0.1) is 12.4 Å². The summed E-state index contributed by atoms with van der Waals surface area (Å²) in [4.78, 5) is 31.6. The number of aromatic carboxylic acids is 1. The molecule has 5 rings (SSSR count). The third-order valence-electron chi connectivity index (χ3n) is 5.31. The highest BCUT2D eigenvalue weighted by molar-refractivity contribution is 8.18. The van der Waals surface area contributed by atoms with E-state index in [-0.39, 0.29) is 23.9 Å². The topological polar surface area (TPSA) is 82.0 Å². The highest BCUT2D eigenvalue weighted by Gasteiger charge is 2.36. The van der Waals surface area contributed by atoms with E-state index in [1.165, 1.54) is 11.8 Å². The van der Waals surface area contributed by atoms with Crippen LogP contribution in [0.15, 0.2) is 87.9 Å². The van der Waals surface area contributed by atoms with Gasteiger partial charge in [-0.1, -0.05) is 42.5 Å². The Morgan fingerprint density at radius 2 is 1.88 bits per heavy atom. The number of allylic oxidation sites excluding steroid dienone is 3. The predicted molar refractivity (Wildman–Crippen MR) is 130 cm³/mol. The van der Waals surface area contributed by atoms with Crippen LogP contribution in [0.4, 0.5) is 5.69 Å². The van der Waals surface area contributed by atoms with Crippen molar-refractivity contribution in [1.29, 1.82) is 0 Å². The number of fused-ring (bicyclic) bond motifs is 1. The molecule has 2 aliphatic heterocycles. The minimum absolute atomic E-state index is 0. The number of rotatable bonds is 5. The summed E-state index contributed by atoms with van der Waals surface area (Å²) in [6.07, 6.45) is 6.98. The number of aliphatic imine (C=N–C) groups is 1. The number of thioether (sulfide) groups is 1. The molecule has 3 aliphatic rings. The summed E-state index contributed by atoms with van der Waals surface area (Å²) >= 11 is 1.43. The number of carbonyl (C=O) groups excluding carboxylic acids is 1. The van der Waals surface area contributed by atoms with Crippen molar-refractivity contribution in [2.45, 2.75) is 6.42 Å². The molecule has 6 nitrogen and oxygen atoms in total. The molecule has 0 atom stereocenters. The maximum Gasteiger partial charge on any atom is 0.335 e.